The predicted octanol–water partition coefficient (Wildman–Crippen LogP) is -1.21. The van der Waals surface area contributed by atoms with E-state index in [2.05, 4.69) is 25.9 Å². The monoisotopic (exact) mass is 495 g/mol. The predicted molar refractivity (Wildman–Crippen MR) is 126 cm³/mol. The highest BCUT2D eigenvalue weighted by Gasteiger charge is 2.32. The van der Waals surface area contributed by atoms with Gasteiger partial charge >= 0.3 is 5.97 Å². The SMILES string of the molecule is CC(C)CC(N)C(=O)NC(C(=O)NC(Cc1cnc[nH]1)C(=O)NC(CCC(N)=O)C(=O)O)C(C)C. The molecule has 13 heteroatoms. The van der Waals surface area contributed by atoms with Crippen molar-refractivity contribution in [2.24, 2.45) is 23.3 Å². The molecule has 1 aromatic heterocycles. The number of carbonyl (C=O) groups excluding carboxylic acids is 4. The molecule has 0 aromatic carbocycles. The van der Waals surface area contributed by atoms with Crippen molar-refractivity contribution in [2.45, 2.75) is 77.5 Å². The van der Waals surface area contributed by atoms with Crippen molar-refractivity contribution in [3.05, 3.63) is 18.2 Å². The topological polar surface area (TPSA) is 222 Å². The molecule has 0 aliphatic carbocycles. The van der Waals surface area contributed by atoms with E-state index < -0.39 is 53.8 Å². The Morgan fingerprint density at radius 1 is 1.00 bits per heavy atom. The zero-order chi connectivity index (χ0) is 26.7. The van der Waals surface area contributed by atoms with Gasteiger partial charge in [-0.05, 0) is 24.7 Å². The van der Waals surface area contributed by atoms with Crippen molar-refractivity contribution in [1.29, 1.82) is 0 Å². The fraction of sp³-hybridized carbons (Fsp3) is 0.636. The fourth-order valence-corrected chi connectivity index (χ4v) is 3.31. The third-order valence-corrected chi connectivity index (χ3v) is 5.21. The Kier molecular flexibility index (Phi) is 11.9. The van der Waals surface area contributed by atoms with Crippen LogP contribution in [0.4, 0.5) is 0 Å². The van der Waals surface area contributed by atoms with Crippen LogP contribution in [0.15, 0.2) is 12.5 Å². The van der Waals surface area contributed by atoms with Gasteiger partial charge < -0.3 is 37.5 Å². The lowest BCUT2D eigenvalue weighted by atomic mass is 9.99. The Balaban J connectivity index is 3.02. The van der Waals surface area contributed by atoms with Gasteiger partial charge in [-0.2, -0.15) is 0 Å². The molecule has 0 saturated heterocycles. The minimum Gasteiger partial charge on any atom is -0.480 e. The van der Waals surface area contributed by atoms with E-state index in [9.17, 15) is 29.1 Å². The van der Waals surface area contributed by atoms with Crippen molar-refractivity contribution < 1.29 is 29.1 Å². The second kappa shape index (κ2) is 14.0. The number of nitrogens with one attached hydrogen (secondary N) is 4. The van der Waals surface area contributed by atoms with Crippen LogP contribution in [0.25, 0.3) is 0 Å². The number of H-pyrrole nitrogens is 1. The maximum absolute atomic E-state index is 13.1. The maximum Gasteiger partial charge on any atom is 0.326 e. The number of hydrogen-bond donors (Lipinski definition) is 7. The van der Waals surface area contributed by atoms with Gasteiger partial charge in [0.25, 0.3) is 0 Å². The van der Waals surface area contributed by atoms with Gasteiger partial charge in [-0.1, -0.05) is 27.7 Å². The summed E-state index contributed by atoms with van der Waals surface area (Å²) in [5.41, 5.74) is 11.5. The van der Waals surface area contributed by atoms with Crippen LogP contribution < -0.4 is 27.4 Å². The second-order valence-corrected chi connectivity index (χ2v) is 9.21. The molecule has 4 unspecified atom stereocenters. The van der Waals surface area contributed by atoms with Crippen molar-refractivity contribution in [2.75, 3.05) is 0 Å². The molecule has 4 amide bonds. The molecule has 1 heterocycles. The number of carbonyl (C=O) groups is 5. The van der Waals surface area contributed by atoms with Gasteiger partial charge in [0.05, 0.1) is 12.4 Å². The summed E-state index contributed by atoms with van der Waals surface area (Å²) in [5, 5.41) is 17.0. The van der Waals surface area contributed by atoms with Crippen LogP contribution >= 0.6 is 0 Å². The van der Waals surface area contributed by atoms with Gasteiger partial charge in [-0.25, -0.2) is 9.78 Å². The quantitative estimate of drug-likeness (QED) is 0.156. The number of nitrogens with zero attached hydrogens (tertiary/aromatic N) is 1. The summed E-state index contributed by atoms with van der Waals surface area (Å²) in [6.07, 6.45) is 2.82. The van der Waals surface area contributed by atoms with Gasteiger partial charge in [0.2, 0.25) is 23.6 Å². The van der Waals surface area contributed by atoms with Crippen molar-refractivity contribution in [1.82, 2.24) is 25.9 Å². The molecule has 4 atom stereocenters. The van der Waals surface area contributed by atoms with Crippen molar-refractivity contribution in [3.63, 3.8) is 0 Å². The Bertz CT molecular complexity index is 872. The molecule has 0 radical (unpaired) electrons. The molecule has 1 rings (SSSR count). The van der Waals surface area contributed by atoms with E-state index in [0.717, 1.165) is 0 Å². The number of amides is 4. The number of primary amides is 1. The summed E-state index contributed by atoms with van der Waals surface area (Å²) in [7, 11) is 0. The molecule has 1 aromatic rings. The molecule has 9 N–H and O–H groups in total. The number of hydrogen-bond acceptors (Lipinski definition) is 7. The summed E-state index contributed by atoms with van der Waals surface area (Å²) in [6.45, 7) is 7.30. The molecule has 0 saturated carbocycles. The zero-order valence-corrected chi connectivity index (χ0v) is 20.5. The first-order chi connectivity index (χ1) is 16.3. The molecule has 0 aliphatic heterocycles. The number of carboxylic acids is 1. The zero-order valence-electron chi connectivity index (χ0n) is 20.5. The number of aliphatic carboxylic acids is 1. The summed E-state index contributed by atoms with van der Waals surface area (Å²) >= 11 is 0. The van der Waals surface area contributed by atoms with E-state index in [1.807, 2.05) is 13.8 Å². The molecule has 35 heavy (non-hydrogen) atoms. The number of carboxylic acid groups (broad SMARTS) is 1. The van der Waals surface area contributed by atoms with E-state index in [0.29, 0.717) is 12.1 Å². The van der Waals surface area contributed by atoms with Crippen LogP contribution in [0, 0.1) is 11.8 Å². The summed E-state index contributed by atoms with van der Waals surface area (Å²) < 4.78 is 0. The molecule has 196 valence electrons. The fourth-order valence-electron chi connectivity index (χ4n) is 3.31. The standard InChI is InChI=1S/C22H37N7O6/c1-11(2)7-14(23)19(31)29-18(12(3)4)21(33)28-16(8-13-9-25-10-26-13)20(32)27-15(22(34)35)5-6-17(24)30/h9-12,14-16,18H,5-8,23H2,1-4H3,(H2,24,30)(H,25,26)(H,27,32)(H,28,33)(H,29,31)(H,34,35). The molecular weight excluding hydrogens is 458 g/mol. The first kappa shape index (κ1) is 29.6. The molecular formula is C22H37N7O6. The van der Waals surface area contributed by atoms with E-state index in [1.54, 1.807) is 13.8 Å². The Morgan fingerprint density at radius 3 is 2.11 bits per heavy atom. The van der Waals surface area contributed by atoms with Gasteiger partial charge in [0.15, 0.2) is 0 Å². The van der Waals surface area contributed by atoms with Crippen molar-refractivity contribution in [3.8, 4) is 0 Å². The second-order valence-electron chi connectivity index (χ2n) is 9.21. The average molecular weight is 496 g/mol. The Labute approximate surface area is 204 Å². The van der Waals surface area contributed by atoms with E-state index in [4.69, 9.17) is 11.5 Å². The lowest BCUT2D eigenvalue weighted by Crippen LogP contribution is -2.59. The highest BCUT2D eigenvalue weighted by atomic mass is 16.4. The average Bonchev–Trinajstić information content (AvgIpc) is 3.25. The van der Waals surface area contributed by atoms with Crippen LogP contribution in [0.2, 0.25) is 0 Å². The Hall–Kier alpha value is -3.48. The van der Waals surface area contributed by atoms with Gasteiger partial charge in [0.1, 0.15) is 18.1 Å². The van der Waals surface area contributed by atoms with Crippen LogP contribution in [0.1, 0.15) is 52.7 Å². The Morgan fingerprint density at radius 2 is 1.63 bits per heavy atom. The number of imidazole rings is 1. The normalized spacial score (nSPS) is 14.6. The summed E-state index contributed by atoms with van der Waals surface area (Å²) in [6, 6.07) is -4.36. The highest BCUT2D eigenvalue weighted by molar-refractivity contribution is 5.94. The maximum atomic E-state index is 13.1. The van der Waals surface area contributed by atoms with Crippen LogP contribution in [-0.4, -0.2) is 68.8 Å². The van der Waals surface area contributed by atoms with Crippen LogP contribution in [-0.2, 0) is 30.4 Å². The number of aromatic nitrogens is 2. The van der Waals surface area contributed by atoms with E-state index >= 15 is 0 Å². The van der Waals surface area contributed by atoms with E-state index in [1.165, 1.54) is 12.5 Å². The molecule has 0 fully saturated rings. The number of rotatable bonds is 15. The minimum absolute atomic E-state index is 0.0225. The first-order valence-corrected chi connectivity index (χ1v) is 11.5. The van der Waals surface area contributed by atoms with Crippen LogP contribution in [0.5, 0.6) is 0 Å². The summed E-state index contributed by atoms with van der Waals surface area (Å²) in [4.78, 5) is 67.8. The lowest BCUT2D eigenvalue weighted by Gasteiger charge is -2.27. The third-order valence-electron chi connectivity index (χ3n) is 5.21. The number of nitrogens with two attached hydrogens (primary N) is 2. The molecule has 0 bridgehead atoms. The first-order valence-electron chi connectivity index (χ1n) is 11.5. The van der Waals surface area contributed by atoms with Gasteiger partial charge in [-0.15, -0.1) is 0 Å². The molecule has 13 nitrogen and oxygen atoms in total. The lowest BCUT2D eigenvalue weighted by molar-refractivity contribution is -0.142. The van der Waals surface area contributed by atoms with Crippen molar-refractivity contribution >= 4 is 29.6 Å². The van der Waals surface area contributed by atoms with Gasteiger partial charge in [-0.3, -0.25) is 19.2 Å². The summed E-state index contributed by atoms with van der Waals surface area (Å²) in [5.74, 6) is -4.11. The third kappa shape index (κ3) is 10.5. The molecule has 0 aliphatic rings. The van der Waals surface area contributed by atoms with Gasteiger partial charge in [0, 0.05) is 24.7 Å². The van der Waals surface area contributed by atoms with Crippen LogP contribution in [0.3, 0.4) is 0 Å². The minimum atomic E-state index is -1.38. The number of aromatic amines is 1. The van der Waals surface area contributed by atoms with E-state index in [-0.39, 0.29) is 31.1 Å². The highest BCUT2D eigenvalue weighted by Crippen LogP contribution is 2.08. The molecule has 0 spiro atoms. The smallest absolute Gasteiger partial charge is 0.326 e. The largest absolute Gasteiger partial charge is 0.480 e.